The van der Waals surface area contributed by atoms with Crippen molar-refractivity contribution in [2.45, 2.75) is 355 Å². The van der Waals surface area contributed by atoms with Crippen LogP contribution in [0.4, 0.5) is 22.7 Å². The third kappa shape index (κ3) is 36.9. The Bertz CT molecular complexity index is 5500. The summed E-state index contributed by atoms with van der Waals surface area (Å²) in [6.07, 6.45) is 11.4. The van der Waals surface area contributed by atoms with Gasteiger partial charge < -0.3 is 19.6 Å². The molecule has 20 heteroatoms. The molecule has 4 aliphatic rings. The second-order valence-electron chi connectivity index (χ2n) is 43.2. The van der Waals surface area contributed by atoms with Gasteiger partial charge in [-0.05, 0) is 158 Å². The van der Waals surface area contributed by atoms with Crippen LogP contribution in [0.5, 0.6) is 23.0 Å². The van der Waals surface area contributed by atoms with E-state index in [-0.39, 0.29) is 57.4 Å². The molecule has 4 heterocycles. The molecule has 4 saturated heterocycles. The first-order valence-electron chi connectivity index (χ1n) is 51.0. The quantitative estimate of drug-likeness (QED) is 0.0393. The summed E-state index contributed by atoms with van der Waals surface area (Å²) in [6.45, 7) is 81.8. The zero-order valence-corrected chi connectivity index (χ0v) is 105. The molecule has 0 spiro atoms. The van der Waals surface area contributed by atoms with Gasteiger partial charge in [0.25, 0.3) is 0 Å². The maximum atomic E-state index is 5.82. The first-order valence-corrected chi connectivity index (χ1v) is 73.0. The van der Waals surface area contributed by atoms with E-state index in [4.69, 9.17) is 96.5 Å². The molecular formula is C124H168Cl8N4O4Ru4-4. The number of hydrogen-bond acceptors (Lipinski definition) is 8. The van der Waals surface area contributed by atoms with E-state index < -0.39 is 54.1 Å². The van der Waals surface area contributed by atoms with Crippen molar-refractivity contribution in [2.24, 2.45) is 10.8 Å². The zero-order valence-electron chi connectivity index (χ0n) is 91.9. The standard InChI is InChI=1S/C23H30N.C22H28N.C20H32N.C19H30N.4C10H12O.8ClH.4Ru/c1-17(2)20-14-10-11-18(3)21(20)24-16-23(6,15-22(24,4)5)19-12-8-7-9-13-19;1-6-18-12-10-11-17(2)20(18)23-16-22(5,15-21(23,3)4)19-13-8-7-9-14-19;1-8-20(9-2)13-19(6,7)21(14-20)18-16(5)11-10-12-17(18)15(3)4;1-7-19(8-2)13-18(5,6)20(14-19)17-12-10-9-11-16(17)15(3)4;4*1-8(2)11-10-7-5-4-6-9(10)3;;;;;;;;;;;;/h7-14,16-17H,15H2,1-6H3;7-14,16H,6,15H2,1-5H3;10-12,14-15H,8-9,13H2,1-7H3;9-12,14-15H,7-8,13H2,1-6H3;4*3-8H,1-2H3;8*1H;;;;/q4*-1;;;;;;;;;;;;;4*+2/p-8. The molecule has 10 aromatic rings. The molecule has 144 heavy (non-hydrogen) atoms. The van der Waals surface area contributed by atoms with Gasteiger partial charge in [-0.1, -0.05) is 273 Å². The van der Waals surface area contributed by atoms with E-state index in [1.165, 1.54) is 111 Å². The molecule has 0 bridgehead atoms. The largest absolute Gasteiger partial charge is 0.517 e. The first kappa shape index (κ1) is 126. The zero-order chi connectivity index (χ0) is 107. The molecule has 8 nitrogen and oxygen atoms in total. The van der Waals surface area contributed by atoms with Gasteiger partial charge >= 0.3 is 391 Å². The predicted octanol–water partition coefficient (Wildman–Crippen LogP) is 37.9. The third-order valence-corrected chi connectivity index (χ3v) is 34.3. The number of halogens is 8. The Kier molecular flexibility index (Phi) is 50.8. The fourth-order valence-corrected chi connectivity index (χ4v) is 27.5. The third-order valence-electron chi connectivity index (χ3n) is 27.0. The van der Waals surface area contributed by atoms with Gasteiger partial charge in [-0.15, -0.1) is 21.7 Å². The van der Waals surface area contributed by atoms with Gasteiger partial charge in [-0.25, -0.2) is 26.2 Å². The Morgan fingerprint density at radius 2 is 0.535 bits per heavy atom. The van der Waals surface area contributed by atoms with Crippen molar-refractivity contribution in [1.82, 2.24) is 0 Å². The minimum absolute atomic E-state index is 0.0707. The molecule has 4 aliphatic heterocycles. The molecule has 800 valence electrons. The number of nitrogens with zero attached hydrogens (tertiary/aromatic N) is 4. The molecule has 0 amide bonds. The maximum Gasteiger partial charge on any atom is 0.0140 e. The van der Waals surface area contributed by atoms with Gasteiger partial charge in [0.05, 0.1) is 0 Å². The second kappa shape index (κ2) is 58.1. The summed E-state index contributed by atoms with van der Waals surface area (Å²) >= 11 is -7.08. The normalized spacial score (nSPS) is 17.8. The van der Waals surface area contributed by atoms with Crippen molar-refractivity contribution < 1.29 is 73.0 Å². The van der Waals surface area contributed by atoms with Crippen LogP contribution in [-0.4, -0.2) is 65.0 Å². The summed E-state index contributed by atoms with van der Waals surface area (Å²) in [5.74, 6) is 5.04. The van der Waals surface area contributed by atoms with Crippen LogP contribution in [0.2, 0.25) is 0 Å². The first-order chi connectivity index (χ1) is 67.6. The Balaban J connectivity index is 0.000000225. The SMILES string of the molecule is CC(C)Oc1ccccc1[CH]=[Ru]([Cl])[Cl].CC(C)Oc1ccccc1[CH]=[Ru]([Cl])[Cl].CC(C)Oc1ccccc1[CH]=[Ru]([Cl])[Cl].CC(C)Oc1ccccc1[CH]=[Ru]([Cl])[Cl].CCC1(CC)[CH-]N(c2c(C)cccc2C(C)C)C(C)(C)C1.CCC1(CC)[CH-]N(c2ccccc2C(C)C)C(C)(C)C1.CCc1cccc(C)c1N1[CH-]C(C)(c2ccccc2)CC1(C)C.Cc1cccc(C(C)C)c1N1[CH-]C(C)(c2ccccc2)CC1(C)C. The fourth-order valence-electron chi connectivity index (χ4n) is 20.2. The monoisotopic (exact) mass is 2460 g/mol. The number of ether oxygens (including phenoxy) is 4. The Hall–Kier alpha value is -5.11. The fraction of sp³-hybridized carbons (Fsp3) is 0.452. The van der Waals surface area contributed by atoms with Gasteiger partial charge in [-0.3, -0.25) is 0 Å². The van der Waals surface area contributed by atoms with E-state index in [0.29, 0.717) is 28.6 Å². The minimum Gasteiger partial charge on any atom is -0.517 e. The average Bonchev–Trinajstić information content (AvgIpc) is 1.63. The Morgan fingerprint density at radius 3 is 0.826 bits per heavy atom. The molecule has 0 aliphatic carbocycles. The number of benzene rings is 10. The van der Waals surface area contributed by atoms with Crippen molar-refractivity contribution in [2.75, 3.05) is 19.6 Å². The van der Waals surface area contributed by atoms with Crippen molar-refractivity contribution in [3.05, 3.63) is 335 Å². The van der Waals surface area contributed by atoms with E-state index in [1.807, 2.05) is 171 Å². The summed E-state index contributed by atoms with van der Waals surface area (Å²) in [6, 6.07) is 82.0. The summed E-state index contributed by atoms with van der Waals surface area (Å²) in [5.41, 5.74) is 23.8. The molecule has 0 aromatic heterocycles. The van der Waals surface area contributed by atoms with Crippen LogP contribution < -0.4 is 38.5 Å². The molecule has 4 fully saturated rings. The Labute approximate surface area is 925 Å². The number of rotatable bonds is 26. The number of anilines is 4. The van der Waals surface area contributed by atoms with Gasteiger partial charge in [0.15, 0.2) is 0 Å². The average molecular weight is 2470 g/mol. The van der Waals surface area contributed by atoms with Crippen LogP contribution in [0, 0.1) is 57.8 Å². The molecule has 0 saturated carbocycles. The van der Waals surface area contributed by atoms with E-state index in [9.17, 15) is 0 Å². The van der Waals surface area contributed by atoms with Crippen molar-refractivity contribution >= 4 is 119 Å². The van der Waals surface area contributed by atoms with Crippen LogP contribution in [0.3, 0.4) is 0 Å². The second-order valence-corrected chi connectivity index (χ2v) is 66.1. The van der Waals surface area contributed by atoms with Gasteiger partial charge in [0, 0.05) is 44.9 Å². The predicted molar refractivity (Wildman–Crippen MR) is 623 cm³/mol. The molecule has 10 aromatic carbocycles. The molecule has 0 radical (unpaired) electrons. The topological polar surface area (TPSA) is 49.9 Å². The van der Waals surface area contributed by atoms with Crippen molar-refractivity contribution in [3.63, 3.8) is 0 Å². The smallest absolute Gasteiger partial charge is 0.0140 e. The molecule has 2 unspecified atom stereocenters. The van der Waals surface area contributed by atoms with Gasteiger partial charge in [-0.2, -0.15) is 0 Å². The van der Waals surface area contributed by atoms with E-state index in [1.54, 1.807) is 0 Å². The summed E-state index contributed by atoms with van der Waals surface area (Å²) in [4.78, 5) is 10.2. The van der Waals surface area contributed by atoms with Crippen LogP contribution in [0.1, 0.15) is 342 Å². The van der Waals surface area contributed by atoms with Crippen LogP contribution in [0.15, 0.2) is 237 Å². The summed E-state index contributed by atoms with van der Waals surface area (Å²) in [7, 11) is 46.5. The van der Waals surface area contributed by atoms with Gasteiger partial charge in [0.2, 0.25) is 0 Å². The van der Waals surface area contributed by atoms with E-state index in [2.05, 4.69) is 351 Å². The van der Waals surface area contributed by atoms with Gasteiger partial charge in [0.1, 0.15) is 0 Å². The summed E-state index contributed by atoms with van der Waals surface area (Å²) < 4.78 is 30.1. The van der Waals surface area contributed by atoms with Crippen molar-refractivity contribution in [3.8, 4) is 23.0 Å². The van der Waals surface area contributed by atoms with Crippen LogP contribution >= 0.6 is 77.5 Å². The molecule has 2 atom stereocenters. The number of aryl methyl sites for hydroxylation is 4. The van der Waals surface area contributed by atoms with Crippen LogP contribution in [-0.2, 0) is 71.3 Å². The molecule has 0 N–H and O–H groups in total. The number of para-hydroxylation sites is 8. The Morgan fingerprint density at radius 1 is 0.285 bits per heavy atom. The van der Waals surface area contributed by atoms with Crippen LogP contribution in [0.25, 0.3) is 0 Å². The van der Waals surface area contributed by atoms with E-state index >= 15 is 0 Å². The minimum atomic E-state index is -1.77. The molecule has 14 rings (SSSR count). The molecular weight excluding hydrogens is 2300 g/mol. The number of hydrogen-bond donors (Lipinski definition) is 0. The van der Waals surface area contributed by atoms with E-state index in [0.717, 1.165) is 64.5 Å². The van der Waals surface area contributed by atoms with Crippen molar-refractivity contribution in [1.29, 1.82) is 0 Å². The maximum absolute atomic E-state index is 5.82. The summed E-state index contributed by atoms with van der Waals surface area (Å²) in [5, 5.41) is 0.